The monoisotopic (exact) mass is 311 g/mol. The summed E-state index contributed by atoms with van der Waals surface area (Å²) in [6.07, 6.45) is 3.77. The maximum absolute atomic E-state index is 9.96. The topological polar surface area (TPSA) is 32.3 Å². The predicted molar refractivity (Wildman–Crippen MR) is 78.7 cm³/mol. The first-order valence-electron chi connectivity index (χ1n) is 6.83. The van der Waals surface area contributed by atoms with Crippen LogP contribution in [0.2, 0.25) is 0 Å². The average molecular weight is 312 g/mol. The Bertz CT molecular complexity index is 403. The van der Waals surface area contributed by atoms with Crippen molar-refractivity contribution < 1.29 is 5.11 Å². The van der Waals surface area contributed by atoms with Crippen LogP contribution in [0.15, 0.2) is 22.7 Å². The van der Waals surface area contributed by atoms with Gasteiger partial charge in [0.05, 0.1) is 0 Å². The van der Waals surface area contributed by atoms with Crippen molar-refractivity contribution in [2.75, 3.05) is 6.54 Å². The van der Waals surface area contributed by atoms with Crippen molar-refractivity contribution in [3.8, 4) is 5.75 Å². The van der Waals surface area contributed by atoms with Crippen LogP contribution in [0.25, 0.3) is 0 Å². The molecule has 0 heterocycles. The van der Waals surface area contributed by atoms with Crippen molar-refractivity contribution >= 4 is 15.9 Å². The van der Waals surface area contributed by atoms with Gasteiger partial charge >= 0.3 is 0 Å². The fourth-order valence-corrected chi connectivity index (χ4v) is 2.82. The molecule has 18 heavy (non-hydrogen) atoms. The zero-order chi connectivity index (χ0) is 13.1. The van der Waals surface area contributed by atoms with Gasteiger partial charge in [0.15, 0.2) is 0 Å². The van der Waals surface area contributed by atoms with Gasteiger partial charge in [0, 0.05) is 16.1 Å². The van der Waals surface area contributed by atoms with Crippen LogP contribution in [0.3, 0.4) is 0 Å². The van der Waals surface area contributed by atoms with Gasteiger partial charge in [-0.1, -0.05) is 29.8 Å². The van der Waals surface area contributed by atoms with E-state index in [2.05, 4.69) is 35.1 Å². The van der Waals surface area contributed by atoms with E-state index in [1.54, 1.807) is 6.07 Å². The number of aromatic hydroxyl groups is 1. The van der Waals surface area contributed by atoms with Gasteiger partial charge in [0.2, 0.25) is 0 Å². The molecule has 2 N–H and O–H groups in total. The van der Waals surface area contributed by atoms with Gasteiger partial charge in [-0.2, -0.15) is 0 Å². The maximum Gasteiger partial charge on any atom is 0.120 e. The lowest BCUT2D eigenvalue weighted by atomic mass is 10.0. The highest BCUT2D eigenvalue weighted by atomic mass is 79.9. The number of phenols is 1. The summed E-state index contributed by atoms with van der Waals surface area (Å²) >= 11 is 3.47. The SMILES string of the molecule is CCC(NCC(C)C1CC1)c1cc(Br)ccc1O. The molecule has 0 bridgehead atoms. The summed E-state index contributed by atoms with van der Waals surface area (Å²) in [5.74, 6) is 2.05. The standard InChI is InChI=1S/C15H22BrNO/c1-3-14(17-9-10(2)11-4-5-11)13-8-12(16)6-7-15(13)18/h6-8,10-11,14,17-18H,3-5,9H2,1-2H3. The Morgan fingerprint density at radius 2 is 2.17 bits per heavy atom. The van der Waals surface area contributed by atoms with Gasteiger partial charge in [-0.25, -0.2) is 0 Å². The predicted octanol–water partition coefficient (Wildman–Crippen LogP) is 4.24. The van der Waals surface area contributed by atoms with Crippen molar-refractivity contribution in [1.29, 1.82) is 0 Å². The first kappa shape index (κ1) is 13.9. The Hall–Kier alpha value is -0.540. The summed E-state index contributed by atoms with van der Waals surface area (Å²) in [5, 5.41) is 13.6. The number of benzene rings is 1. The summed E-state index contributed by atoms with van der Waals surface area (Å²) in [4.78, 5) is 0. The van der Waals surface area contributed by atoms with Gasteiger partial charge in [0.1, 0.15) is 5.75 Å². The van der Waals surface area contributed by atoms with Crippen LogP contribution < -0.4 is 5.32 Å². The largest absolute Gasteiger partial charge is 0.508 e. The maximum atomic E-state index is 9.96. The molecule has 2 atom stereocenters. The molecule has 1 aliphatic rings. The van der Waals surface area contributed by atoms with E-state index in [4.69, 9.17) is 0 Å². The molecular formula is C15H22BrNO. The third-order valence-electron chi connectivity index (χ3n) is 3.89. The zero-order valence-corrected chi connectivity index (χ0v) is 12.7. The molecule has 1 aromatic carbocycles. The Labute approximate surface area is 118 Å². The molecule has 3 heteroatoms. The Morgan fingerprint density at radius 1 is 1.44 bits per heavy atom. The highest BCUT2D eigenvalue weighted by Crippen LogP contribution is 2.37. The summed E-state index contributed by atoms with van der Waals surface area (Å²) in [5.41, 5.74) is 0.995. The third kappa shape index (κ3) is 3.48. The van der Waals surface area contributed by atoms with E-state index in [1.807, 2.05) is 12.1 Å². The highest BCUT2D eigenvalue weighted by molar-refractivity contribution is 9.10. The van der Waals surface area contributed by atoms with Crippen LogP contribution in [0.4, 0.5) is 0 Å². The third-order valence-corrected chi connectivity index (χ3v) is 4.38. The molecule has 2 unspecified atom stereocenters. The number of nitrogens with one attached hydrogen (secondary N) is 1. The zero-order valence-electron chi connectivity index (χ0n) is 11.1. The molecule has 1 aliphatic carbocycles. The molecule has 0 aliphatic heterocycles. The molecular weight excluding hydrogens is 290 g/mol. The van der Waals surface area contributed by atoms with Crippen molar-refractivity contribution in [2.24, 2.45) is 11.8 Å². The second-order valence-electron chi connectivity index (χ2n) is 5.39. The van der Waals surface area contributed by atoms with Crippen LogP contribution in [0.5, 0.6) is 5.75 Å². The molecule has 0 amide bonds. The molecule has 1 fully saturated rings. The molecule has 0 spiro atoms. The fraction of sp³-hybridized carbons (Fsp3) is 0.600. The average Bonchev–Trinajstić information content (AvgIpc) is 3.18. The van der Waals surface area contributed by atoms with Crippen LogP contribution in [-0.2, 0) is 0 Å². The van der Waals surface area contributed by atoms with Crippen molar-refractivity contribution in [1.82, 2.24) is 5.32 Å². The van der Waals surface area contributed by atoms with Gasteiger partial charge in [-0.15, -0.1) is 0 Å². The van der Waals surface area contributed by atoms with E-state index >= 15 is 0 Å². The first-order valence-corrected chi connectivity index (χ1v) is 7.63. The van der Waals surface area contributed by atoms with Crippen molar-refractivity contribution in [3.05, 3.63) is 28.2 Å². The van der Waals surface area contributed by atoms with E-state index in [0.29, 0.717) is 5.75 Å². The Balaban J connectivity index is 2.00. The Morgan fingerprint density at radius 3 is 2.78 bits per heavy atom. The van der Waals surface area contributed by atoms with Crippen LogP contribution in [0, 0.1) is 11.8 Å². The van der Waals surface area contributed by atoms with Crippen LogP contribution in [-0.4, -0.2) is 11.7 Å². The van der Waals surface area contributed by atoms with Gasteiger partial charge in [-0.3, -0.25) is 0 Å². The number of halogens is 1. The molecule has 1 saturated carbocycles. The fourth-order valence-electron chi connectivity index (χ4n) is 2.44. The molecule has 2 nitrogen and oxygen atoms in total. The van der Waals surface area contributed by atoms with Gasteiger partial charge < -0.3 is 10.4 Å². The summed E-state index contributed by atoms with van der Waals surface area (Å²) in [6, 6.07) is 5.88. The van der Waals surface area contributed by atoms with Crippen molar-refractivity contribution in [3.63, 3.8) is 0 Å². The van der Waals surface area contributed by atoms with Crippen LogP contribution >= 0.6 is 15.9 Å². The molecule has 1 aromatic rings. The molecule has 2 rings (SSSR count). The number of phenolic OH excluding ortho intramolecular Hbond substituents is 1. The lowest BCUT2D eigenvalue weighted by molar-refractivity contribution is 0.399. The minimum absolute atomic E-state index is 0.240. The first-order chi connectivity index (χ1) is 8.61. The van der Waals surface area contributed by atoms with E-state index in [9.17, 15) is 5.11 Å². The quantitative estimate of drug-likeness (QED) is 0.823. The van der Waals surface area contributed by atoms with Crippen molar-refractivity contribution in [2.45, 2.75) is 39.2 Å². The van der Waals surface area contributed by atoms with E-state index in [1.165, 1.54) is 12.8 Å². The van der Waals surface area contributed by atoms with E-state index < -0.39 is 0 Å². The number of hydrogen-bond acceptors (Lipinski definition) is 2. The summed E-state index contributed by atoms with van der Waals surface area (Å²) in [7, 11) is 0. The lowest BCUT2D eigenvalue weighted by Gasteiger charge is -2.21. The Kier molecular flexibility index (Phi) is 4.68. The van der Waals surface area contributed by atoms with Crippen LogP contribution in [0.1, 0.15) is 44.7 Å². The lowest BCUT2D eigenvalue weighted by Crippen LogP contribution is -2.26. The highest BCUT2D eigenvalue weighted by Gasteiger charge is 2.28. The minimum Gasteiger partial charge on any atom is -0.508 e. The second kappa shape index (κ2) is 6.07. The number of hydrogen-bond donors (Lipinski definition) is 2. The molecule has 0 saturated heterocycles. The van der Waals surface area contributed by atoms with Gasteiger partial charge in [-0.05, 0) is 55.8 Å². The number of rotatable bonds is 6. The minimum atomic E-state index is 0.240. The summed E-state index contributed by atoms with van der Waals surface area (Å²) in [6.45, 7) is 5.51. The molecule has 100 valence electrons. The van der Waals surface area contributed by atoms with E-state index in [-0.39, 0.29) is 6.04 Å². The molecule has 0 radical (unpaired) electrons. The molecule has 0 aromatic heterocycles. The second-order valence-corrected chi connectivity index (χ2v) is 6.30. The van der Waals surface area contributed by atoms with E-state index in [0.717, 1.165) is 34.8 Å². The normalized spacial score (nSPS) is 18.6. The van der Waals surface area contributed by atoms with Gasteiger partial charge in [0.25, 0.3) is 0 Å². The summed E-state index contributed by atoms with van der Waals surface area (Å²) < 4.78 is 1.02. The smallest absolute Gasteiger partial charge is 0.120 e.